The van der Waals surface area contributed by atoms with Crippen LogP contribution in [0.2, 0.25) is 10.0 Å². The van der Waals surface area contributed by atoms with Gasteiger partial charge in [-0.05, 0) is 43.0 Å². The lowest BCUT2D eigenvalue weighted by Crippen LogP contribution is -2.51. The molecule has 170 valence electrons. The van der Waals surface area contributed by atoms with Gasteiger partial charge in [0.05, 0.1) is 41.0 Å². The number of carbonyl (C=O) groups is 3. The van der Waals surface area contributed by atoms with Crippen LogP contribution in [0.15, 0.2) is 30.3 Å². The highest BCUT2D eigenvalue weighted by atomic mass is 35.5. The van der Waals surface area contributed by atoms with Gasteiger partial charge in [-0.2, -0.15) is 0 Å². The second-order valence-electron chi connectivity index (χ2n) is 7.52. The molecule has 1 aliphatic rings. The van der Waals surface area contributed by atoms with Crippen LogP contribution in [0.1, 0.15) is 39.5 Å². The Morgan fingerprint density at radius 3 is 2.69 bits per heavy atom. The normalized spacial score (nSPS) is 15.4. The Kier molecular flexibility index (Phi) is 7.48. The zero-order chi connectivity index (χ0) is 23.4. The molecular formula is C22H24Cl2N4O4. The molecule has 0 bridgehead atoms. The van der Waals surface area contributed by atoms with Gasteiger partial charge in [0, 0.05) is 0 Å². The minimum Gasteiger partial charge on any atom is -0.467 e. The number of ether oxygens (including phenoxy) is 1. The Balaban J connectivity index is 1.63. The number of hydrogen-bond donors (Lipinski definition) is 4. The number of nitrogens with one attached hydrogen (secondary N) is 3. The summed E-state index contributed by atoms with van der Waals surface area (Å²) < 4.78 is 4.74. The van der Waals surface area contributed by atoms with Gasteiger partial charge in [-0.1, -0.05) is 47.0 Å². The Morgan fingerprint density at radius 1 is 1.22 bits per heavy atom. The molecule has 2 aromatic rings. The molecule has 0 saturated carbocycles. The molecule has 0 heterocycles. The van der Waals surface area contributed by atoms with Gasteiger partial charge in [0.25, 0.3) is 5.91 Å². The van der Waals surface area contributed by atoms with Gasteiger partial charge >= 0.3 is 12.0 Å². The van der Waals surface area contributed by atoms with Gasteiger partial charge in [0.2, 0.25) is 0 Å². The van der Waals surface area contributed by atoms with Gasteiger partial charge in [-0.15, -0.1) is 0 Å². The van der Waals surface area contributed by atoms with E-state index in [-0.39, 0.29) is 33.9 Å². The number of amides is 3. The minimum absolute atomic E-state index is 0.0283. The van der Waals surface area contributed by atoms with Crippen LogP contribution < -0.4 is 21.7 Å². The summed E-state index contributed by atoms with van der Waals surface area (Å²) in [5, 5.41) is 8.04. The van der Waals surface area contributed by atoms with Gasteiger partial charge in [-0.25, -0.2) is 9.59 Å². The summed E-state index contributed by atoms with van der Waals surface area (Å²) in [6.07, 6.45) is 1.67. The number of nitrogen functional groups attached to an aromatic ring is 1. The highest BCUT2D eigenvalue weighted by Crippen LogP contribution is 2.32. The molecule has 1 aliphatic carbocycles. The molecule has 0 saturated heterocycles. The van der Waals surface area contributed by atoms with E-state index in [0.717, 1.165) is 18.4 Å². The van der Waals surface area contributed by atoms with E-state index in [9.17, 15) is 14.4 Å². The van der Waals surface area contributed by atoms with Crippen molar-refractivity contribution < 1.29 is 19.1 Å². The Hall–Kier alpha value is -2.97. The second kappa shape index (κ2) is 10.1. The predicted molar refractivity (Wildman–Crippen MR) is 123 cm³/mol. The third-order valence-electron chi connectivity index (χ3n) is 5.29. The summed E-state index contributed by atoms with van der Waals surface area (Å²) in [5.41, 5.74) is 9.30. The van der Waals surface area contributed by atoms with E-state index < -0.39 is 23.9 Å². The second-order valence-corrected chi connectivity index (χ2v) is 8.31. The molecule has 0 fully saturated rings. The quantitative estimate of drug-likeness (QED) is 0.375. The van der Waals surface area contributed by atoms with Crippen LogP contribution in [0, 0.1) is 6.92 Å². The molecule has 10 heteroatoms. The molecule has 32 heavy (non-hydrogen) atoms. The van der Waals surface area contributed by atoms with Crippen LogP contribution in [0.5, 0.6) is 0 Å². The number of aryl methyl sites for hydroxylation is 2. The number of rotatable bonds is 6. The predicted octanol–water partition coefficient (Wildman–Crippen LogP) is 3.14. The summed E-state index contributed by atoms with van der Waals surface area (Å²) in [4.78, 5) is 37.3. The Labute approximate surface area is 195 Å². The molecule has 0 aromatic heterocycles. The molecule has 5 N–H and O–H groups in total. The maximum absolute atomic E-state index is 12.7. The summed E-state index contributed by atoms with van der Waals surface area (Å²) in [7, 11) is 1.18. The number of urea groups is 1. The minimum atomic E-state index is -1.16. The first-order valence-corrected chi connectivity index (χ1v) is 10.7. The molecule has 8 nitrogen and oxygen atoms in total. The molecule has 0 aliphatic heterocycles. The van der Waals surface area contributed by atoms with Gasteiger partial charge in [-0.3, -0.25) is 4.79 Å². The molecule has 0 radical (unpaired) electrons. The molecule has 2 aromatic carbocycles. The van der Waals surface area contributed by atoms with Crippen LogP contribution in [0.4, 0.5) is 10.5 Å². The number of fused-ring (bicyclic) bond motifs is 1. The summed E-state index contributed by atoms with van der Waals surface area (Å²) >= 11 is 12.2. The lowest BCUT2D eigenvalue weighted by molar-refractivity contribution is -0.142. The maximum atomic E-state index is 12.7. The van der Waals surface area contributed by atoms with E-state index in [1.165, 1.54) is 30.4 Å². The summed E-state index contributed by atoms with van der Waals surface area (Å²) in [5.74, 6) is -1.46. The zero-order valence-corrected chi connectivity index (χ0v) is 19.1. The van der Waals surface area contributed by atoms with Crippen molar-refractivity contribution in [3.8, 4) is 0 Å². The number of benzene rings is 2. The van der Waals surface area contributed by atoms with E-state index in [0.29, 0.717) is 0 Å². The third-order valence-corrected chi connectivity index (χ3v) is 6.01. The van der Waals surface area contributed by atoms with Crippen LogP contribution in [-0.2, 0) is 16.0 Å². The van der Waals surface area contributed by atoms with Crippen molar-refractivity contribution in [2.75, 3.05) is 19.4 Å². The lowest BCUT2D eigenvalue weighted by Gasteiger charge is -2.20. The van der Waals surface area contributed by atoms with E-state index in [4.69, 9.17) is 33.7 Å². The van der Waals surface area contributed by atoms with Crippen LogP contribution in [0.3, 0.4) is 0 Å². The molecule has 2 atom stereocenters. The van der Waals surface area contributed by atoms with E-state index in [1.807, 2.05) is 19.1 Å². The van der Waals surface area contributed by atoms with E-state index in [1.54, 1.807) is 0 Å². The zero-order valence-electron chi connectivity index (χ0n) is 17.6. The SMILES string of the molecule is COC(=O)[C@H](CNC(=O)N[C@@H]1CCc2cc(C)ccc21)NC(=O)c1c(Cl)ccc(N)c1Cl. The standard InChI is InChI=1S/C22H24Cl2N4O4/c1-11-3-5-13-12(9-11)4-8-16(13)28-22(31)26-10-17(21(30)32-2)27-20(29)18-14(23)6-7-15(25)19(18)24/h3,5-7,9,16-17H,4,8,10,25H2,1-2H3,(H,27,29)(H2,26,28,31)/t16-,17+/m1/s1. The van der Waals surface area contributed by atoms with Crippen molar-refractivity contribution in [1.29, 1.82) is 0 Å². The Morgan fingerprint density at radius 2 is 1.97 bits per heavy atom. The third kappa shape index (κ3) is 5.26. The highest BCUT2D eigenvalue weighted by Gasteiger charge is 2.27. The Bertz CT molecular complexity index is 1060. The average Bonchev–Trinajstić information content (AvgIpc) is 3.14. The first-order valence-electron chi connectivity index (χ1n) is 9.97. The smallest absolute Gasteiger partial charge is 0.330 e. The van der Waals surface area contributed by atoms with Gasteiger partial charge in [0.15, 0.2) is 0 Å². The topological polar surface area (TPSA) is 123 Å². The molecular weight excluding hydrogens is 455 g/mol. The lowest BCUT2D eigenvalue weighted by atomic mass is 10.1. The van der Waals surface area contributed by atoms with Crippen LogP contribution >= 0.6 is 23.2 Å². The van der Waals surface area contributed by atoms with Crippen molar-refractivity contribution in [2.45, 2.75) is 31.8 Å². The first-order chi connectivity index (χ1) is 15.2. The maximum Gasteiger partial charge on any atom is 0.330 e. The number of methoxy groups -OCH3 is 1. The number of nitrogens with two attached hydrogens (primary N) is 1. The van der Waals surface area contributed by atoms with Crippen molar-refractivity contribution in [2.24, 2.45) is 0 Å². The number of esters is 1. The number of anilines is 1. The van der Waals surface area contributed by atoms with Crippen LogP contribution in [-0.4, -0.2) is 37.6 Å². The van der Waals surface area contributed by atoms with E-state index >= 15 is 0 Å². The highest BCUT2D eigenvalue weighted by molar-refractivity contribution is 6.41. The fraction of sp³-hybridized carbons (Fsp3) is 0.318. The summed E-state index contributed by atoms with van der Waals surface area (Å²) in [6.45, 7) is 1.83. The number of hydrogen-bond acceptors (Lipinski definition) is 5. The molecule has 3 amide bonds. The van der Waals surface area contributed by atoms with Crippen LogP contribution in [0.25, 0.3) is 0 Å². The fourth-order valence-electron chi connectivity index (χ4n) is 3.64. The molecule has 3 rings (SSSR count). The van der Waals surface area contributed by atoms with E-state index in [2.05, 4.69) is 22.0 Å². The van der Waals surface area contributed by atoms with Crippen molar-refractivity contribution >= 4 is 46.8 Å². The van der Waals surface area contributed by atoms with Crippen molar-refractivity contribution in [3.63, 3.8) is 0 Å². The van der Waals surface area contributed by atoms with Gasteiger partial charge < -0.3 is 26.4 Å². The largest absolute Gasteiger partial charge is 0.467 e. The summed E-state index contributed by atoms with van der Waals surface area (Å²) in [6, 6.07) is 7.28. The monoisotopic (exact) mass is 478 g/mol. The number of halogens is 2. The molecule has 0 spiro atoms. The van der Waals surface area contributed by atoms with Crippen molar-refractivity contribution in [1.82, 2.24) is 16.0 Å². The average molecular weight is 479 g/mol. The number of carbonyl (C=O) groups excluding carboxylic acids is 3. The molecule has 0 unspecified atom stereocenters. The van der Waals surface area contributed by atoms with Gasteiger partial charge in [0.1, 0.15) is 6.04 Å². The fourth-order valence-corrected chi connectivity index (χ4v) is 4.19. The first kappa shape index (κ1) is 23.7. The van der Waals surface area contributed by atoms with Crippen molar-refractivity contribution in [3.05, 3.63) is 62.6 Å².